The van der Waals surface area contributed by atoms with Gasteiger partial charge in [0.2, 0.25) is 0 Å². The van der Waals surface area contributed by atoms with Crippen LogP contribution in [-0.2, 0) is 61.1 Å². The van der Waals surface area contributed by atoms with Crippen LogP contribution in [0.5, 0.6) is 0 Å². The minimum atomic E-state index is 0. The molecule has 2 radical (unpaired) electrons. The molecule has 0 spiro atoms. The Balaban J connectivity index is 0. The van der Waals surface area contributed by atoms with Gasteiger partial charge >= 0.3 is 23.1 Å². The standard InChI is InChI=1S/Cd.Co.Cu.Mg.2H/q;;;+2;2*-1. The minimum Gasteiger partial charge on any atom is -1.00 e. The summed E-state index contributed by atoms with van der Waals surface area (Å²) >= 11 is 0. The fourth-order valence-corrected chi connectivity index (χ4v) is 0. The molecule has 0 nitrogen and oxygen atoms in total. The molecule has 0 aliphatic rings. The van der Waals surface area contributed by atoms with Crippen LogP contribution < -0.4 is 0 Å². The Labute approximate surface area is 85.8 Å². The zero-order valence-corrected chi connectivity index (χ0v) is 9.48. The normalized spacial score (nSPS) is 0. The van der Waals surface area contributed by atoms with Crippen LogP contribution in [0.3, 0.4) is 0 Å². The molecule has 0 aromatic heterocycles. The van der Waals surface area contributed by atoms with E-state index in [-0.39, 0.29) is 87.1 Å². The Hall–Kier alpha value is 2.71. The molecule has 0 amide bonds. The van der Waals surface area contributed by atoms with Gasteiger partial charge in [-0.3, -0.25) is 0 Å². The summed E-state index contributed by atoms with van der Waals surface area (Å²) in [6, 6.07) is 0. The van der Waals surface area contributed by atoms with E-state index < -0.39 is 0 Å². The van der Waals surface area contributed by atoms with Gasteiger partial charge in [0.05, 0.1) is 0 Å². The first kappa shape index (κ1) is 29.8. The van der Waals surface area contributed by atoms with Crippen LogP contribution in [0.2, 0.25) is 0 Å². The Kier molecular flexibility index (Phi) is 128. The maximum Gasteiger partial charge on any atom is 2.00 e. The first-order chi connectivity index (χ1) is 0. The molecule has 0 aliphatic carbocycles. The fourth-order valence-electron chi connectivity index (χ4n) is 0. The van der Waals surface area contributed by atoms with Gasteiger partial charge in [-0.15, -0.1) is 0 Å². The molecule has 4 heteroatoms. The molecule has 4 heavy (non-hydrogen) atoms. The van der Waals surface area contributed by atoms with Crippen LogP contribution in [0.1, 0.15) is 2.85 Å². The zero-order chi connectivity index (χ0) is 0. The van der Waals surface area contributed by atoms with Crippen molar-refractivity contribution in [2.75, 3.05) is 0 Å². The molecular formula is H2CdCoCuMg. The van der Waals surface area contributed by atoms with Crippen molar-refractivity contribution in [2.45, 2.75) is 0 Å². The molecule has 0 saturated carbocycles. The maximum absolute atomic E-state index is 0. The number of rotatable bonds is 0. The Morgan fingerprint density at radius 2 is 1.25 bits per heavy atom. The SMILES string of the molecule is [Cd].[Co].[Cu].[H-].[H-].[Mg+2]. The van der Waals surface area contributed by atoms with Crippen molar-refractivity contribution in [3.63, 3.8) is 0 Å². The van der Waals surface area contributed by atoms with Crippen molar-refractivity contribution in [2.24, 2.45) is 0 Å². The second-order valence-corrected chi connectivity index (χ2v) is 0. The molecule has 0 aromatic carbocycles. The molecule has 0 atom stereocenters. The van der Waals surface area contributed by atoms with Gasteiger partial charge in [0, 0.05) is 61.1 Å². The summed E-state index contributed by atoms with van der Waals surface area (Å²) < 4.78 is 0. The van der Waals surface area contributed by atoms with E-state index in [1.54, 1.807) is 0 Å². The molecule has 0 aliphatic heterocycles. The van der Waals surface area contributed by atoms with Gasteiger partial charge < -0.3 is 2.85 Å². The summed E-state index contributed by atoms with van der Waals surface area (Å²) in [7, 11) is 0. The van der Waals surface area contributed by atoms with Crippen LogP contribution in [0, 0.1) is 0 Å². The summed E-state index contributed by atoms with van der Waals surface area (Å²) in [6.45, 7) is 0. The minimum absolute atomic E-state index is 0. The van der Waals surface area contributed by atoms with Gasteiger partial charge in [-0.25, -0.2) is 0 Å². The average molecular weight is 261 g/mol. The maximum atomic E-state index is 0. The molecule has 0 unspecified atom stereocenters. The van der Waals surface area contributed by atoms with Crippen molar-refractivity contribution in [3.8, 4) is 0 Å². The molecule has 0 fully saturated rings. The van der Waals surface area contributed by atoms with Crippen LogP contribution in [-0.4, -0.2) is 23.1 Å². The topological polar surface area (TPSA) is 0 Å². The monoisotopic (exact) mass is 262 g/mol. The molecule has 0 bridgehead atoms. The smallest absolute Gasteiger partial charge is 1.00 e. The summed E-state index contributed by atoms with van der Waals surface area (Å²) in [5.74, 6) is 0. The van der Waals surface area contributed by atoms with E-state index in [0.29, 0.717) is 0 Å². The number of hydrogen-bond donors (Lipinski definition) is 0. The number of hydrogen-bond acceptors (Lipinski definition) is 0. The Bertz CT molecular complexity index is 13.5. The van der Waals surface area contributed by atoms with Gasteiger partial charge in [0.1, 0.15) is 0 Å². The van der Waals surface area contributed by atoms with E-state index in [4.69, 9.17) is 0 Å². The Morgan fingerprint density at radius 3 is 1.25 bits per heavy atom. The van der Waals surface area contributed by atoms with Crippen LogP contribution >= 0.6 is 0 Å². The van der Waals surface area contributed by atoms with E-state index in [1.165, 1.54) is 0 Å². The van der Waals surface area contributed by atoms with Crippen LogP contribution in [0.25, 0.3) is 0 Å². The van der Waals surface area contributed by atoms with E-state index in [0.717, 1.165) is 0 Å². The Morgan fingerprint density at radius 1 is 1.25 bits per heavy atom. The van der Waals surface area contributed by atoms with E-state index in [1.807, 2.05) is 0 Å². The molecule has 0 aromatic rings. The zero-order valence-electron chi connectivity index (χ0n) is 4.05. The second kappa shape index (κ2) is 17.2. The molecule has 0 N–H and O–H groups in total. The first-order valence-corrected chi connectivity index (χ1v) is 0. The summed E-state index contributed by atoms with van der Waals surface area (Å²) in [6.07, 6.45) is 0. The van der Waals surface area contributed by atoms with E-state index in [2.05, 4.69) is 0 Å². The van der Waals surface area contributed by atoms with Gasteiger partial charge in [-0.2, -0.15) is 0 Å². The van der Waals surface area contributed by atoms with E-state index in [9.17, 15) is 0 Å². The predicted octanol–water partition coefficient (Wildman–Crippen LogP) is -0.163. The van der Waals surface area contributed by atoms with Gasteiger partial charge in [0.15, 0.2) is 0 Å². The third-order valence-corrected chi connectivity index (χ3v) is 0. The van der Waals surface area contributed by atoms with Crippen LogP contribution in [0.15, 0.2) is 0 Å². The second-order valence-electron chi connectivity index (χ2n) is 0. The van der Waals surface area contributed by atoms with E-state index >= 15 is 0 Å². The molecular weight excluding hydrogens is 259 g/mol. The fraction of sp³-hybridized carbons (Fsp3) is 0. The molecule has 26 valence electrons. The molecule has 0 heterocycles. The van der Waals surface area contributed by atoms with Crippen molar-refractivity contribution in [3.05, 3.63) is 0 Å². The van der Waals surface area contributed by atoms with Gasteiger partial charge in [0.25, 0.3) is 0 Å². The largest absolute Gasteiger partial charge is 2.00 e. The third kappa shape index (κ3) is 8.83. The predicted molar refractivity (Wildman–Crippen MR) is 7.98 cm³/mol. The van der Waals surface area contributed by atoms with Crippen molar-refractivity contribution in [1.82, 2.24) is 0 Å². The van der Waals surface area contributed by atoms with Crippen molar-refractivity contribution < 1.29 is 64.0 Å². The third-order valence-electron chi connectivity index (χ3n) is 0. The molecule has 0 rings (SSSR count). The van der Waals surface area contributed by atoms with Crippen LogP contribution in [0.4, 0.5) is 0 Å². The van der Waals surface area contributed by atoms with Gasteiger partial charge in [-0.1, -0.05) is 0 Å². The first-order valence-electron chi connectivity index (χ1n) is 0. The summed E-state index contributed by atoms with van der Waals surface area (Å²) in [5, 5.41) is 0. The van der Waals surface area contributed by atoms with Crippen molar-refractivity contribution in [1.29, 1.82) is 0 Å². The summed E-state index contributed by atoms with van der Waals surface area (Å²) in [5.41, 5.74) is 0. The molecule has 0 saturated heterocycles. The van der Waals surface area contributed by atoms with Crippen molar-refractivity contribution >= 4 is 23.1 Å². The summed E-state index contributed by atoms with van der Waals surface area (Å²) in [4.78, 5) is 0. The average Bonchev–Trinajstić information content (AvgIpc) is 0. The van der Waals surface area contributed by atoms with Gasteiger partial charge in [-0.05, 0) is 0 Å². The quantitative estimate of drug-likeness (QED) is 0.531.